The Morgan fingerprint density at radius 1 is 1.43 bits per heavy atom. The molecule has 21 heavy (non-hydrogen) atoms. The maximum atomic E-state index is 12.0. The number of carboxylic acids is 1. The van der Waals surface area contributed by atoms with Crippen LogP contribution in [0.15, 0.2) is 24.3 Å². The van der Waals surface area contributed by atoms with Crippen LogP contribution in [0.3, 0.4) is 0 Å². The summed E-state index contributed by atoms with van der Waals surface area (Å²) in [5, 5.41) is 31.5. The zero-order chi connectivity index (χ0) is 15.6. The van der Waals surface area contributed by atoms with Gasteiger partial charge in [0.15, 0.2) is 0 Å². The molecule has 3 N–H and O–H groups in total. The highest BCUT2D eigenvalue weighted by Crippen LogP contribution is 2.21. The van der Waals surface area contributed by atoms with Gasteiger partial charge in [0.1, 0.15) is 6.04 Å². The van der Waals surface area contributed by atoms with Crippen molar-refractivity contribution in [2.24, 2.45) is 0 Å². The molecule has 0 aliphatic carbocycles. The van der Waals surface area contributed by atoms with Gasteiger partial charge in [-0.1, -0.05) is 6.07 Å². The highest BCUT2D eigenvalue weighted by molar-refractivity contribution is 5.93. The number of amides is 2. The number of hydrogen-bond donors (Lipinski definition) is 3. The van der Waals surface area contributed by atoms with Crippen molar-refractivity contribution in [3.8, 4) is 0 Å². The number of nitrogens with one attached hydrogen (secondary N) is 1. The molecule has 9 heteroatoms. The zero-order valence-electron chi connectivity index (χ0n) is 10.8. The second kappa shape index (κ2) is 5.75. The highest BCUT2D eigenvalue weighted by Gasteiger charge is 2.39. The number of nitro benzene ring substituents is 1. The van der Waals surface area contributed by atoms with Crippen LogP contribution >= 0.6 is 0 Å². The van der Waals surface area contributed by atoms with Crippen LogP contribution in [0.1, 0.15) is 6.42 Å². The number of β-amino-alcohol motifs (C(OH)–C–C–N with tert-alkyl or cyclic N) is 1. The van der Waals surface area contributed by atoms with Gasteiger partial charge in [-0.25, -0.2) is 9.59 Å². The fourth-order valence-electron chi connectivity index (χ4n) is 2.16. The second-order valence-electron chi connectivity index (χ2n) is 4.63. The summed E-state index contributed by atoms with van der Waals surface area (Å²) in [4.78, 5) is 34.1. The Morgan fingerprint density at radius 2 is 2.14 bits per heavy atom. The predicted octanol–water partition coefficient (Wildman–Crippen LogP) is 0.646. The number of hydrogen-bond acceptors (Lipinski definition) is 5. The fourth-order valence-corrected chi connectivity index (χ4v) is 2.16. The van der Waals surface area contributed by atoms with E-state index in [9.17, 15) is 24.8 Å². The van der Waals surface area contributed by atoms with Gasteiger partial charge in [0.25, 0.3) is 5.69 Å². The molecule has 0 unspecified atom stereocenters. The Labute approximate surface area is 118 Å². The van der Waals surface area contributed by atoms with Crippen LogP contribution in [0.25, 0.3) is 0 Å². The molecule has 2 amide bonds. The van der Waals surface area contributed by atoms with Crippen LogP contribution in [0.2, 0.25) is 0 Å². The number of aliphatic hydroxyl groups excluding tert-OH is 1. The summed E-state index contributed by atoms with van der Waals surface area (Å²) in [5.41, 5.74) is -0.0104. The molecule has 1 saturated heterocycles. The number of nitrogens with zero attached hydrogens (tertiary/aromatic N) is 2. The van der Waals surface area contributed by atoms with Gasteiger partial charge < -0.3 is 20.4 Å². The van der Waals surface area contributed by atoms with E-state index in [1.165, 1.54) is 24.3 Å². The molecule has 1 heterocycles. The van der Waals surface area contributed by atoms with Gasteiger partial charge in [-0.05, 0) is 6.07 Å². The number of aliphatic carboxylic acids is 1. The molecule has 2 rings (SSSR count). The Morgan fingerprint density at radius 3 is 2.76 bits per heavy atom. The molecule has 0 saturated carbocycles. The lowest BCUT2D eigenvalue weighted by Crippen LogP contribution is -2.43. The molecule has 1 aliphatic rings. The van der Waals surface area contributed by atoms with E-state index in [1.807, 2.05) is 0 Å². The first-order valence-corrected chi connectivity index (χ1v) is 6.11. The number of anilines is 1. The quantitative estimate of drug-likeness (QED) is 0.553. The number of urea groups is 1. The number of carboxylic acid groups (broad SMARTS) is 1. The van der Waals surface area contributed by atoms with E-state index in [1.54, 1.807) is 0 Å². The van der Waals surface area contributed by atoms with Crippen molar-refractivity contribution >= 4 is 23.4 Å². The lowest BCUT2D eigenvalue weighted by molar-refractivity contribution is -0.384. The first-order valence-electron chi connectivity index (χ1n) is 6.11. The third-order valence-corrected chi connectivity index (χ3v) is 3.13. The Balaban J connectivity index is 2.12. The molecule has 0 spiro atoms. The summed E-state index contributed by atoms with van der Waals surface area (Å²) in [7, 11) is 0. The number of rotatable bonds is 3. The van der Waals surface area contributed by atoms with E-state index >= 15 is 0 Å². The molecule has 0 aromatic heterocycles. The summed E-state index contributed by atoms with van der Waals surface area (Å²) < 4.78 is 0. The number of carbonyl (C=O) groups excluding carboxylic acids is 1. The van der Waals surface area contributed by atoms with Crippen LogP contribution in [-0.4, -0.2) is 50.7 Å². The number of carbonyl (C=O) groups is 2. The third kappa shape index (κ3) is 3.26. The highest BCUT2D eigenvalue weighted by atomic mass is 16.6. The Bertz CT molecular complexity index is 590. The van der Waals surface area contributed by atoms with Gasteiger partial charge in [0.05, 0.1) is 11.0 Å². The Kier molecular flexibility index (Phi) is 4.03. The average Bonchev–Trinajstić information content (AvgIpc) is 2.81. The van der Waals surface area contributed by atoms with E-state index in [-0.39, 0.29) is 24.3 Å². The van der Waals surface area contributed by atoms with Gasteiger partial charge in [0.2, 0.25) is 0 Å². The van der Waals surface area contributed by atoms with Gasteiger partial charge >= 0.3 is 12.0 Å². The number of non-ortho nitro benzene ring substituents is 1. The van der Waals surface area contributed by atoms with E-state index < -0.39 is 29.1 Å². The van der Waals surface area contributed by atoms with Crippen molar-refractivity contribution in [1.82, 2.24) is 4.90 Å². The van der Waals surface area contributed by atoms with E-state index in [0.29, 0.717) is 0 Å². The first kappa shape index (κ1) is 14.7. The molecular formula is C12H13N3O6. The molecule has 1 aromatic carbocycles. The largest absolute Gasteiger partial charge is 0.480 e. The minimum absolute atomic E-state index is 0.0440. The first-order chi connectivity index (χ1) is 9.88. The predicted molar refractivity (Wildman–Crippen MR) is 70.9 cm³/mol. The van der Waals surface area contributed by atoms with Gasteiger partial charge in [-0.15, -0.1) is 0 Å². The summed E-state index contributed by atoms with van der Waals surface area (Å²) >= 11 is 0. The van der Waals surface area contributed by atoms with E-state index in [2.05, 4.69) is 5.32 Å². The minimum atomic E-state index is -1.21. The number of aliphatic hydroxyl groups is 1. The number of nitro groups is 1. The van der Waals surface area contributed by atoms with Crippen LogP contribution in [-0.2, 0) is 4.79 Å². The van der Waals surface area contributed by atoms with Crippen molar-refractivity contribution in [3.05, 3.63) is 34.4 Å². The van der Waals surface area contributed by atoms with Crippen molar-refractivity contribution in [3.63, 3.8) is 0 Å². The zero-order valence-corrected chi connectivity index (χ0v) is 10.8. The molecule has 1 aromatic rings. The topological polar surface area (TPSA) is 133 Å². The third-order valence-electron chi connectivity index (χ3n) is 3.13. The second-order valence-corrected chi connectivity index (χ2v) is 4.63. The molecular weight excluding hydrogens is 282 g/mol. The van der Waals surface area contributed by atoms with E-state index in [4.69, 9.17) is 5.11 Å². The summed E-state index contributed by atoms with van der Waals surface area (Å²) in [6.07, 6.45) is -0.945. The van der Waals surface area contributed by atoms with Crippen molar-refractivity contribution < 1.29 is 24.7 Å². The lowest BCUT2D eigenvalue weighted by atomic mass is 10.2. The summed E-state index contributed by atoms with van der Waals surface area (Å²) in [6.45, 7) is -0.0995. The molecule has 1 fully saturated rings. The standard InChI is InChI=1S/C12H13N3O6/c16-9-5-10(11(17)18)14(6-9)12(19)13-7-2-1-3-8(4-7)15(20)21/h1-4,9-10,16H,5-6H2,(H,13,19)(H,17,18)/t9-,10+/m1/s1. The van der Waals surface area contributed by atoms with Gasteiger partial charge in [-0.2, -0.15) is 0 Å². The van der Waals surface area contributed by atoms with Gasteiger partial charge in [0, 0.05) is 30.8 Å². The number of benzene rings is 1. The maximum Gasteiger partial charge on any atom is 0.326 e. The maximum absolute atomic E-state index is 12.0. The average molecular weight is 295 g/mol. The van der Waals surface area contributed by atoms with Crippen LogP contribution in [0.5, 0.6) is 0 Å². The molecule has 9 nitrogen and oxygen atoms in total. The Hall–Kier alpha value is -2.68. The lowest BCUT2D eigenvalue weighted by Gasteiger charge is -2.21. The van der Waals surface area contributed by atoms with Crippen molar-refractivity contribution in [2.75, 3.05) is 11.9 Å². The molecule has 2 atom stereocenters. The van der Waals surface area contributed by atoms with Crippen LogP contribution < -0.4 is 5.32 Å². The van der Waals surface area contributed by atoms with Crippen molar-refractivity contribution in [1.29, 1.82) is 0 Å². The molecule has 1 aliphatic heterocycles. The normalized spacial score (nSPS) is 21.1. The smallest absolute Gasteiger partial charge is 0.326 e. The molecule has 0 radical (unpaired) electrons. The summed E-state index contributed by atoms with van der Waals surface area (Å²) in [5.74, 6) is -1.21. The van der Waals surface area contributed by atoms with Crippen molar-refractivity contribution in [2.45, 2.75) is 18.6 Å². The van der Waals surface area contributed by atoms with Crippen LogP contribution in [0, 0.1) is 10.1 Å². The van der Waals surface area contributed by atoms with Gasteiger partial charge in [-0.3, -0.25) is 10.1 Å². The number of likely N-dealkylation sites (tertiary alicyclic amines) is 1. The molecule has 112 valence electrons. The SMILES string of the molecule is O=C(O)[C@@H]1C[C@@H](O)CN1C(=O)Nc1cccc([N+](=O)[O-])c1. The molecule has 0 bridgehead atoms. The fraction of sp³-hybridized carbons (Fsp3) is 0.333. The van der Waals surface area contributed by atoms with Crippen LogP contribution in [0.4, 0.5) is 16.2 Å². The van der Waals surface area contributed by atoms with E-state index in [0.717, 1.165) is 4.90 Å². The minimum Gasteiger partial charge on any atom is -0.480 e. The summed E-state index contributed by atoms with van der Waals surface area (Å²) in [6, 6.07) is 3.46. The monoisotopic (exact) mass is 295 g/mol.